The monoisotopic (exact) mass is 246 g/mol. The van der Waals surface area contributed by atoms with Crippen LogP contribution >= 0.6 is 0 Å². The third kappa shape index (κ3) is 2.31. The molecular weight excluding hydrogens is 220 g/mol. The lowest BCUT2D eigenvalue weighted by Gasteiger charge is -2.57. The quantitative estimate of drug-likeness (QED) is 0.455. The highest BCUT2D eigenvalue weighted by Crippen LogP contribution is 2.61. The summed E-state index contributed by atoms with van der Waals surface area (Å²) in [6.07, 6.45) is 11.1. The Morgan fingerprint density at radius 3 is 2.17 bits per heavy atom. The molecule has 4 aliphatic rings. The molecule has 4 bridgehead atoms. The highest BCUT2D eigenvalue weighted by atomic mass is 15.2. The number of hydrogen-bond donors (Lipinski definition) is 2. The van der Waals surface area contributed by atoms with Crippen LogP contribution in [-0.4, -0.2) is 6.04 Å². The van der Waals surface area contributed by atoms with E-state index >= 15 is 0 Å². The van der Waals surface area contributed by atoms with Crippen LogP contribution in [0.4, 0.5) is 0 Å². The minimum atomic E-state index is 0.397. The van der Waals surface area contributed by atoms with Gasteiger partial charge in [-0.1, -0.05) is 0 Å². The molecule has 1 unspecified atom stereocenters. The van der Waals surface area contributed by atoms with Crippen molar-refractivity contribution >= 4 is 0 Å². The van der Waals surface area contributed by atoms with Crippen molar-refractivity contribution in [2.45, 2.75) is 64.3 Å². The summed E-state index contributed by atoms with van der Waals surface area (Å²) in [5.74, 6) is 15.0. The van der Waals surface area contributed by atoms with Crippen LogP contribution in [0.25, 0.3) is 0 Å². The Morgan fingerprint density at radius 2 is 1.72 bits per heavy atom. The van der Waals surface area contributed by atoms with Crippen LogP contribution < -0.4 is 11.3 Å². The lowest BCUT2D eigenvalue weighted by atomic mass is 9.48. The fourth-order valence-corrected chi connectivity index (χ4v) is 5.48. The number of nitrogens with one attached hydrogen (secondary N) is 1. The molecule has 1 atom stereocenters. The first kappa shape index (κ1) is 12.5. The maximum atomic E-state index is 5.73. The summed E-state index contributed by atoms with van der Waals surface area (Å²) in [7, 11) is 0. The zero-order valence-corrected chi connectivity index (χ0v) is 11.5. The molecule has 0 aromatic carbocycles. The first-order valence-electron chi connectivity index (χ1n) is 7.59. The number of nitrogens with two attached hydrogens (primary N) is 1. The maximum absolute atomic E-state index is 5.73. The Labute approximate surface area is 111 Å². The van der Waals surface area contributed by atoms with Gasteiger partial charge in [0.05, 0.1) is 0 Å². The topological polar surface area (TPSA) is 38.0 Å². The molecule has 4 fully saturated rings. The molecule has 0 saturated heterocycles. The second kappa shape index (κ2) is 4.87. The lowest BCUT2D eigenvalue weighted by molar-refractivity contribution is -0.0617. The molecule has 0 amide bonds. The number of hydrogen-bond acceptors (Lipinski definition) is 2. The van der Waals surface area contributed by atoms with Gasteiger partial charge in [-0.25, -0.2) is 0 Å². The molecule has 2 nitrogen and oxygen atoms in total. The maximum Gasteiger partial charge on any atom is 0.0325 e. The first-order valence-corrected chi connectivity index (χ1v) is 7.59. The minimum Gasteiger partial charge on any atom is -0.271 e. The molecule has 0 aliphatic heterocycles. The predicted molar refractivity (Wildman–Crippen MR) is 74.4 cm³/mol. The Hall–Kier alpha value is -0.520. The minimum absolute atomic E-state index is 0.397. The van der Waals surface area contributed by atoms with Crippen molar-refractivity contribution in [2.75, 3.05) is 0 Å². The first-order chi connectivity index (χ1) is 8.73. The van der Waals surface area contributed by atoms with Gasteiger partial charge in [-0.05, 0) is 75.0 Å². The van der Waals surface area contributed by atoms with Gasteiger partial charge in [0.1, 0.15) is 0 Å². The van der Waals surface area contributed by atoms with Gasteiger partial charge >= 0.3 is 0 Å². The fraction of sp³-hybridized carbons (Fsp3) is 0.875. The smallest absolute Gasteiger partial charge is 0.0325 e. The van der Waals surface area contributed by atoms with E-state index in [2.05, 4.69) is 17.3 Å². The van der Waals surface area contributed by atoms with Gasteiger partial charge in [-0.15, -0.1) is 11.8 Å². The number of rotatable bonds is 4. The SMILES string of the molecule is CC#CCC(CC12CC3CC(CC(C3)C1)C2)NN. The summed E-state index contributed by atoms with van der Waals surface area (Å²) in [5, 5.41) is 0. The van der Waals surface area contributed by atoms with E-state index in [9.17, 15) is 0 Å². The summed E-state index contributed by atoms with van der Waals surface area (Å²) in [4.78, 5) is 0. The zero-order chi connectivity index (χ0) is 12.6. The molecule has 2 heteroatoms. The molecule has 100 valence electrons. The van der Waals surface area contributed by atoms with Gasteiger partial charge in [0, 0.05) is 12.5 Å². The molecule has 0 aromatic heterocycles. The molecular formula is C16H26N2. The Morgan fingerprint density at radius 1 is 1.17 bits per heavy atom. The summed E-state index contributed by atoms with van der Waals surface area (Å²) in [5.41, 5.74) is 3.62. The van der Waals surface area contributed by atoms with Crippen molar-refractivity contribution in [3.05, 3.63) is 0 Å². The van der Waals surface area contributed by atoms with E-state index in [1.54, 1.807) is 0 Å². The van der Waals surface area contributed by atoms with Crippen molar-refractivity contribution in [3.8, 4) is 11.8 Å². The molecule has 0 radical (unpaired) electrons. The summed E-state index contributed by atoms with van der Waals surface area (Å²) in [6, 6.07) is 0.397. The highest BCUT2D eigenvalue weighted by Gasteiger charge is 2.51. The number of hydrazine groups is 1. The fourth-order valence-electron chi connectivity index (χ4n) is 5.48. The van der Waals surface area contributed by atoms with Crippen molar-refractivity contribution in [3.63, 3.8) is 0 Å². The molecule has 0 aromatic rings. The molecule has 3 N–H and O–H groups in total. The summed E-state index contributed by atoms with van der Waals surface area (Å²) >= 11 is 0. The second-order valence-electron chi connectivity index (χ2n) is 7.12. The van der Waals surface area contributed by atoms with E-state index in [-0.39, 0.29) is 0 Å². The molecule has 4 saturated carbocycles. The lowest BCUT2D eigenvalue weighted by Crippen LogP contribution is -2.49. The predicted octanol–water partition coefficient (Wildman–Crippen LogP) is 2.84. The molecule has 0 spiro atoms. The van der Waals surface area contributed by atoms with Gasteiger partial charge in [-0.3, -0.25) is 11.3 Å². The van der Waals surface area contributed by atoms with Crippen molar-refractivity contribution < 1.29 is 0 Å². The van der Waals surface area contributed by atoms with Gasteiger partial charge in [-0.2, -0.15) is 0 Å². The van der Waals surface area contributed by atoms with Crippen molar-refractivity contribution in [2.24, 2.45) is 29.0 Å². The van der Waals surface area contributed by atoms with E-state index in [1.165, 1.54) is 44.9 Å². The van der Waals surface area contributed by atoms with Crippen LogP contribution in [-0.2, 0) is 0 Å². The molecule has 4 rings (SSSR count). The van der Waals surface area contributed by atoms with Crippen molar-refractivity contribution in [1.29, 1.82) is 0 Å². The van der Waals surface area contributed by atoms with Crippen LogP contribution in [0, 0.1) is 35.0 Å². The van der Waals surface area contributed by atoms with Gasteiger partial charge in [0.15, 0.2) is 0 Å². The third-order valence-corrected chi connectivity index (χ3v) is 5.61. The van der Waals surface area contributed by atoms with E-state index in [4.69, 9.17) is 5.84 Å². The zero-order valence-electron chi connectivity index (χ0n) is 11.5. The Balaban J connectivity index is 1.68. The van der Waals surface area contributed by atoms with Crippen LogP contribution in [0.5, 0.6) is 0 Å². The van der Waals surface area contributed by atoms with E-state index in [0.29, 0.717) is 11.5 Å². The molecule has 18 heavy (non-hydrogen) atoms. The van der Waals surface area contributed by atoms with Crippen LogP contribution in [0.1, 0.15) is 58.3 Å². The Bertz CT molecular complexity index is 328. The van der Waals surface area contributed by atoms with Crippen molar-refractivity contribution in [1.82, 2.24) is 5.43 Å². The van der Waals surface area contributed by atoms with Crippen LogP contribution in [0.3, 0.4) is 0 Å². The van der Waals surface area contributed by atoms with E-state index in [0.717, 1.165) is 24.2 Å². The average Bonchev–Trinajstić information content (AvgIpc) is 2.32. The summed E-state index contributed by atoms with van der Waals surface area (Å²) < 4.78 is 0. The average molecular weight is 246 g/mol. The highest BCUT2D eigenvalue weighted by molar-refractivity contribution is 5.04. The molecule has 4 aliphatic carbocycles. The van der Waals surface area contributed by atoms with Crippen LogP contribution in [0.2, 0.25) is 0 Å². The standard InChI is InChI=1S/C16H26N2/c1-2-3-4-15(18-17)11-16-8-12-5-13(9-16)7-14(6-12)10-16/h12-15,18H,4-11,17H2,1H3. The van der Waals surface area contributed by atoms with Gasteiger partial charge < -0.3 is 0 Å². The second-order valence-corrected chi connectivity index (χ2v) is 7.12. The third-order valence-electron chi connectivity index (χ3n) is 5.61. The van der Waals surface area contributed by atoms with Gasteiger partial charge in [0.25, 0.3) is 0 Å². The van der Waals surface area contributed by atoms with Gasteiger partial charge in [0.2, 0.25) is 0 Å². The Kier molecular flexibility index (Phi) is 3.38. The largest absolute Gasteiger partial charge is 0.271 e. The van der Waals surface area contributed by atoms with E-state index in [1.807, 2.05) is 6.92 Å². The normalized spacial score (nSPS) is 42.4. The summed E-state index contributed by atoms with van der Waals surface area (Å²) in [6.45, 7) is 1.91. The van der Waals surface area contributed by atoms with E-state index < -0.39 is 0 Å². The van der Waals surface area contributed by atoms with Crippen LogP contribution in [0.15, 0.2) is 0 Å². The molecule has 0 heterocycles.